The molecule has 0 fully saturated rings. The van der Waals surface area contributed by atoms with E-state index in [1.54, 1.807) is 27.7 Å². The molecule has 0 aliphatic carbocycles. The van der Waals surface area contributed by atoms with E-state index in [2.05, 4.69) is 26.3 Å². The minimum atomic E-state index is -0.523. The van der Waals surface area contributed by atoms with E-state index in [1.165, 1.54) is 0 Å². The first-order chi connectivity index (χ1) is 17.3. The maximum atomic E-state index is 11.9. The molecule has 0 saturated carbocycles. The second kappa shape index (κ2) is 19.0. The highest BCUT2D eigenvalue weighted by Crippen LogP contribution is 2.15. The topological polar surface area (TPSA) is 105 Å². The Morgan fingerprint density at radius 2 is 0.757 bits per heavy atom. The van der Waals surface area contributed by atoms with Crippen LogP contribution in [0.25, 0.3) is 0 Å². The van der Waals surface area contributed by atoms with Gasteiger partial charge >= 0.3 is 23.9 Å². The molecule has 0 aromatic heterocycles. The Balaban J connectivity index is 4.32. The summed E-state index contributed by atoms with van der Waals surface area (Å²) in [4.78, 5) is 47.0. The second-order valence-electron chi connectivity index (χ2n) is 9.43. The van der Waals surface area contributed by atoms with Gasteiger partial charge in [0.25, 0.3) is 0 Å². The average molecular weight is 521 g/mol. The van der Waals surface area contributed by atoms with Gasteiger partial charge in [-0.2, -0.15) is 0 Å². The summed E-state index contributed by atoms with van der Waals surface area (Å²) in [5.41, 5.74) is 1.17. The van der Waals surface area contributed by atoms with Gasteiger partial charge in [-0.1, -0.05) is 58.4 Å². The highest BCUT2D eigenvalue weighted by Gasteiger charge is 2.19. The highest BCUT2D eigenvalue weighted by atomic mass is 16.6. The van der Waals surface area contributed by atoms with Gasteiger partial charge in [0.1, 0.15) is 25.4 Å². The number of hydrogen-bond acceptors (Lipinski definition) is 8. The van der Waals surface area contributed by atoms with Crippen LogP contribution in [0.15, 0.2) is 48.6 Å². The van der Waals surface area contributed by atoms with Gasteiger partial charge in [-0.15, -0.1) is 0 Å². The molecule has 0 N–H and O–H groups in total. The lowest BCUT2D eigenvalue weighted by atomic mass is 10.0. The summed E-state index contributed by atoms with van der Waals surface area (Å²) in [6.07, 6.45) is 6.72. The van der Waals surface area contributed by atoms with Gasteiger partial charge < -0.3 is 18.9 Å². The Labute approximate surface area is 221 Å². The SMILES string of the molecule is C=C(C)C(=O)OCC(CCCCCCCCCC(COC(=O)C(=C)C)OC(=O)C(=C)C)OC(=O)C(=C)C. The molecular formula is C29H44O8. The summed E-state index contributed by atoms with van der Waals surface area (Å²) in [5, 5.41) is 0. The Bertz CT molecular complexity index is 771. The number of carbonyl (C=O) groups is 4. The molecule has 0 bridgehead atoms. The molecule has 0 spiro atoms. The van der Waals surface area contributed by atoms with Crippen LogP contribution in [0.2, 0.25) is 0 Å². The van der Waals surface area contributed by atoms with E-state index in [-0.39, 0.29) is 24.4 Å². The third-order valence-corrected chi connectivity index (χ3v) is 5.29. The van der Waals surface area contributed by atoms with Crippen molar-refractivity contribution in [2.24, 2.45) is 0 Å². The van der Waals surface area contributed by atoms with Gasteiger partial charge in [0, 0.05) is 22.3 Å². The van der Waals surface area contributed by atoms with Crippen LogP contribution in [0.3, 0.4) is 0 Å². The van der Waals surface area contributed by atoms with E-state index < -0.39 is 36.1 Å². The third-order valence-electron chi connectivity index (χ3n) is 5.29. The molecule has 8 nitrogen and oxygen atoms in total. The fourth-order valence-electron chi connectivity index (χ4n) is 3.07. The molecule has 0 aliphatic heterocycles. The summed E-state index contributed by atoms with van der Waals surface area (Å²) in [6.45, 7) is 20.5. The zero-order chi connectivity index (χ0) is 28.4. The van der Waals surface area contributed by atoms with Crippen molar-refractivity contribution in [1.82, 2.24) is 0 Å². The van der Waals surface area contributed by atoms with E-state index >= 15 is 0 Å². The lowest BCUT2D eigenvalue weighted by Crippen LogP contribution is -2.25. The van der Waals surface area contributed by atoms with Gasteiger partial charge in [-0.25, -0.2) is 19.2 Å². The van der Waals surface area contributed by atoms with Crippen LogP contribution in [-0.4, -0.2) is 49.3 Å². The lowest BCUT2D eigenvalue weighted by Gasteiger charge is -2.18. The number of unbranched alkanes of at least 4 members (excludes halogenated alkanes) is 6. The second-order valence-corrected chi connectivity index (χ2v) is 9.43. The monoisotopic (exact) mass is 520 g/mol. The maximum Gasteiger partial charge on any atom is 0.333 e. The first-order valence-corrected chi connectivity index (χ1v) is 12.7. The van der Waals surface area contributed by atoms with Crippen LogP contribution in [0, 0.1) is 0 Å². The number of rotatable bonds is 20. The molecule has 0 radical (unpaired) electrons. The van der Waals surface area contributed by atoms with Gasteiger partial charge in [0.05, 0.1) is 0 Å². The van der Waals surface area contributed by atoms with Crippen molar-refractivity contribution in [3.05, 3.63) is 48.6 Å². The van der Waals surface area contributed by atoms with Crippen molar-refractivity contribution in [3.63, 3.8) is 0 Å². The van der Waals surface area contributed by atoms with Gasteiger partial charge in [-0.05, 0) is 53.4 Å². The Morgan fingerprint density at radius 3 is 1.03 bits per heavy atom. The molecule has 0 rings (SSSR count). The Hall–Kier alpha value is -3.16. The van der Waals surface area contributed by atoms with E-state index in [4.69, 9.17) is 18.9 Å². The smallest absolute Gasteiger partial charge is 0.333 e. The largest absolute Gasteiger partial charge is 0.458 e. The van der Waals surface area contributed by atoms with Crippen molar-refractivity contribution in [3.8, 4) is 0 Å². The Morgan fingerprint density at radius 1 is 0.486 bits per heavy atom. The Kier molecular flexibility index (Phi) is 17.4. The molecule has 2 unspecified atom stereocenters. The maximum absolute atomic E-state index is 11.9. The molecule has 208 valence electrons. The molecule has 0 aromatic carbocycles. The quantitative estimate of drug-likeness (QED) is 0.0870. The van der Waals surface area contributed by atoms with E-state index in [1.807, 2.05) is 0 Å². The number of hydrogen-bond donors (Lipinski definition) is 0. The highest BCUT2D eigenvalue weighted by molar-refractivity contribution is 5.88. The molecule has 0 aromatic rings. The fraction of sp³-hybridized carbons (Fsp3) is 0.586. The molecule has 0 aliphatic rings. The number of carbonyl (C=O) groups excluding carboxylic acids is 4. The van der Waals surface area contributed by atoms with E-state index in [9.17, 15) is 19.2 Å². The molecule has 0 saturated heterocycles. The molecular weight excluding hydrogens is 476 g/mol. The van der Waals surface area contributed by atoms with Crippen molar-refractivity contribution in [1.29, 1.82) is 0 Å². The van der Waals surface area contributed by atoms with Gasteiger partial charge in [0.2, 0.25) is 0 Å². The predicted octanol–water partition coefficient (Wildman–Crippen LogP) is 5.71. The predicted molar refractivity (Wildman–Crippen MR) is 142 cm³/mol. The van der Waals surface area contributed by atoms with Crippen molar-refractivity contribution < 1.29 is 38.1 Å². The van der Waals surface area contributed by atoms with E-state index in [0.717, 1.165) is 44.9 Å². The van der Waals surface area contributed by atoms with Crippen molar-refractivity contribution in [2.75, 3.05) is 13.2 Å². The first-order valence-electron chi connectivity index (χ1n) is 12.7. The van der Waals surface area contributed by atoms with Crippen LogP contribution in [0.4, 0.5) is 0 Å². The summed E-state index contributed by atoms with van der Waals surface area (Å²) in [5.74, 6) is -2.03. The van der Waals surface area contributed by atoms with Crippen molar-refractivity contribution >= 4 is 23.9 Å². The van der Waals surface area contributed by atoms with Gasteiger partial charge in [-0.3, -0.25) is 0 Å². The molecule has 37 heavy (non-hydrogen) atoms. The zero-order valence-electron chi connectivity index (χ0n) is 23.0. The van der Waals surface area contributed by atoms with E-state index in [0.29, 0.717) is 24.0 Å². The van der Waals surface area contributed by atoms with Crippen molar-refractivity contribution in [2.45, 2.75) is 97.7 Å². The van der Waals surface area contributed by atoms with Crippen LogP contribution < -0.4 is 0 Å². The number of ether oxygens (including phenoxy) is 4. The average Bonchev–Trinajstić information content (AvgIpc) is 2.83. The lowest BCUT2D eigenvalue weighted by molar-refractivity contribution is -0.154. The van der Waals surface area contributed by atoms with Crippen LogP contribution in [0.1, 0.15) is 85.5 Å². The molecule has 8 heteroatoms. The van der Waals surface area contributed by atoms with Gasteiger partial charge in [0.15, 0.2) is 0 Å². The van der Waals surface area contributed by atoms with Crippen LogP contribution in [0.5, 0.6) is 0 Å². The van der Waals surface area contributed by atoms with Crippen LogP contribution >= 0.6 is 0 Å². The minimum Gasteiger partial charge on any atom is -0.458 e. The normalized spacial score (nSPS) is 12.0. The zero-order valence-corrected chi connectivity index (χ0v) is 23.0. The van der Waals surface area contributed by atoms with Crippen LogP contribution in [-0.2, 0) is 38.1 Å². The number of esters is 4. The molecule has 0 amide bonds. The summed E-state index contributed by atoms with van der Waals surface area (Å²) in [6, 6.07) is 0. The third kappa shape index (κ3) is 17.0. The summed E-state index contributed by atoms with van der Waals surface area (Å²) in [7, 11) is 0. The summed E-state index contributed by atoms with van der Waals surface area (Å²) >= 11 is 0. The first kappa shape index (κ1) is 33.8. The summed E-state index contributed by atoms with van der Waals surface area (Å²) < 4.78 is 21.1. The standard InChI is InChI=1S/C29H44O8/c1-20(2)26(30)34-18-24(36-28(32)22(5)6)16-14-12-10-9-11-13-15-17-25(37-29(33)23(7)8)19-35-27(31)21(3)4/h24-25H,1,3,5,7,9-19H2,2,4,6,8H3. The minimum absolute atomic E-state index is 0.0104. The molecule has 0 heterocycles. The molecule has 2 atom stereocenters. The fourth-order valence-corrected chi connectivity index (χ4v) is 3.07.